The lowest BCUT2D eigenvalue weighted by Gasteiger charge is -2.28. The lowest BCUT2D eigenvalue weighted by molar-refractivity contribution is -0.141. The third-order valence-electron chi connectivity index (χ3n) is 20.0. The van der Waals surface area contributed by atoms with Crippen LogP contribution in [0, 0.1) is 0 Å². The van der Waals surface area contributed by atoms with Crippen LogP contribution in [0.25, 0.3) is 0 Å². The van der Waals surface area contributed by atoms with Crippen LogP contribution in [0.15, 0.2) is 24.3 Å². The summed E-state index contributed by atoms with van der Waals surface area (Å²) < 4.78 is 0. The van der Waals surface area contributed by atoms with Crippen molar-refractivity contribution in [2.75, 3.05) is 32.7 Å². The summed E-state index contributed by atoms with van der Waals surface area (Å²) in [4.78, 5) is 301. The van der Waals surface area contributed by atoms with Crippen LogP contribution in [-0.2, 0) is 117 Å². The highest BCUT2D eigenvalue weighted by Gasteiger charge is 2.39. The number of phenolic OH excluding ortho intramolecular Hbond substituents is 1. The molecule has 0 aliphatic carbocycles. The number of carbonyl (C=O) groups excluding carboxylic acids is 23. The van der Waals surface area contributed by atoms with Crippen LogP contribution in [-0.4, -0.2) is 299 Å². The molecule has 49 heteroatoms. The Bertz CT molecular complexity index is 4180. The van der Waals surface area contributed by atoms with Crippen LogP contribution in [0.2, 0.25) is 0 Å². The number of benzene rings is 1. The van der Waals surface area contributed by atoms with Gasteiger partial charge in [0.2, 0.25) is 136 Å². The Morgan fingerprint density at radius 1 is 0.326 bits per heavy atom. The lowest BCUT2D eigenvalue weighted by Crippen LogP contribution is -2.58. The van der Waals surface area contributed by atoms with Gasteiger partial charge in [0.15, 0.2) is 0 Å². The molecule has 20 atom stereocenters. The first kappa shape index (κ1) is 112. The van der Waals surface area contributed by atoms with Crippen molar-refractivity contribution in [3.05, 3.63) is 29.8 Å². The standard InChI is InChI=1S/C80H131N25O24/c1-36(62(111)87-37(2)63(112)88-38(3)64(113)89-39(4)65(114)90-41(6)67(116)93-44(9)70(119)96-47(12)73(122)99-50(15)76(125)104-55(61(83)110)23-18-20-30-81)86-59(108)34-85-79(128)58-25-22-32-105(58)80(129)51(16)101-75(124)48(13)98-72(121)45(10)95-69(118)42(7)92-66(115)40(5)91-68(117)43(8)94-71(120)46(11)97-74(123)49(14)100-78(127)56(24-19-21-31-82)103-60(109)35-84-77(126)57(102-52(17)106)33-53-26-28-54(107)29-27-53/h26-29,36-51,55-58,107H,18-25,30-35,81-82H2,1-17H3,(H2,83,110)(H,84,126)(H,85,128)(H,86,108)(H,87,111)(H,88,112)(H,89,113)(H,90,114)(H,91,117)(H,92,115)(H,93,116)(H,94,120)(H,95,118)(H,96,119)(H,97,123)(H,98,121)(H,99,122)(H,100,127)(H,101,124)(H,102,106)(H,103,109)(H,104,125)/t36-,37-,38-,39-,40-,41-,42-,43-,44-,45-,46-,47-,48-,49-,50-,51-,55-,56-,57-,58+/m0/s1. The molecular formula is C80H131N25O24. The summed E-state index contributed by atoms with van der Waals surface area (Å²) in [5.74, 6) is -18.5. The number of amides is 23. The molecule has 1 aromatic carbocycles. The molecule has 0 unspecified atom stereocenters. The van der Waals surface area contributed by atoms with Crippen LogP contribution in [0.3, 0.4) is 0 Å². The van der Waals surface area contributed by atoms with Gasteiger partial charge in [0.05, 0.1) is 13.1 Å². The van der Waals surface area contributed by atoms with Gasteiger partial charge in [0.25, 0.3) is 0 Å². The van der Waals surface area contributed by atoms with Crippen molar-refractivity contribution >= 4 is 136 Å². The quantitative estimate of drug-likeness (QED) is 0.0269. The van der Waals surface area contributed by atoms with Gasteiger partial charge in [-0.2, -0.15) is 0 Å². The van der Waals surface area contributed by atoms with Crippen molar-refractivity contribution in [1.29, 1.82) is 0 Å². The van der Waals surface area contributed by atoms with Crippen molar-refractivity contribution < 1.29 is 115 Å². The molecule has 129 heavy (non-hydrogen) atoms. The predicted octanol–water partition coefficient (Wildman–Crippen LogP) is -10.5. The van der Waals surface area contributed by atoms with Crippen LogP contribution in [0.1, 0.15) is 175 Å². The van der Waals surface area contributed by atoms with E-state index < -0.39 is 270 Å². The van der Waals surface area contributed by atoms with Crippen molar-refractivity contribution in [2.24, 2.45) is 17.2 Å². The van der Waals surface area contributed by atoms with E-state index in [2.05, 4.69) is 112 Å². The van der Waals surface area contributed by atoms with E-state index in [0.29, 0.717) is 44.2 Å². The minimum absolute atomic E-state index is 0.0106. The zero-order valence-corrected chi connectivity index (χ0v) is 75.8. The van der Waals surface area contributed by atoms with E-state index in [1.807, 2.05) is 0 Å². The molecule has 720 valence electrons. The second-order valence-electron chi connectivity index (χ2n) is 31.6. The fraction of sp³-hybridized carbons (Fsp3) is 0.637. The van der Waals surface area contributed by atoms with E-state index in [-0.39, 0.29) is 44.5 Å². The summed E-state index contributed by atoms with van der Waals surface area (Å²) in [6.07, 6.45) is 2.80. The molecular weight excluding hydrogens is 1700 g/mol. The molecule has 49 nitrogen and oxygen atoms in total. The average molecular weight is 1830 g/mol. The van der Waals surface area contributed by atoms with Crippen molar-refractivity contribution in [1.82, 2.24) is 117 Å². The van der Waals surface area contributed by atoms with Gasteiger partial charge in [-0.05, 0) is 193 Å². The maximum absolute atomic E-state index is 13.7. The molecule has 28 N–H and O–H groups in total. The van der Waals surface area contributed by atoms with Crippen molar-refractivity contribution in [3.8, 4) is 5.75 Å². The second-order valence-corrected chi connectivity index (χ2v) is 31.6. The summed E-state index contributed by atoms with van der Waals surface area (Å²) in [6, 6.07) is -19.0. The summed E-state index contributed by atoms with van der Waals surface area (Å²) in [6.45, 7) is 21.3. The Morgan fingerprint density at radius 3 is 0.899 bits per heavy atom. The number of hydrogen-bond donors (Lipinski definition) is 25. The Balaban J connectivity index is 1.80. The summed E-state index contributed by atoms with van der Waals surface area (Å²) in [5, 5.41) is 60.4. The van der Waals surface area contributed by atoms with E-state index in [0.717, 1.165) is 0 Å². The highest BCUT2D eigenvalue weighted by Crippen LogP contribution is 2.19. The van der Waals surface area contributed by atoms with Crippen LogP contribution in [0.5, 0.6) is 5.75 Å². The third kappa shape index (κ3) is 40.1. The number of nitrogens with one attached hydrogen (secondary N) is 21. The van der Waals surface area contributed by atoms with E-state index in [1.165, 1.54) is 135 Å². The maximum atomic E-state index is 13.7. The van der Waals surface area contributed by atoms with E-state index in [1.54, 1.807) is 12.1 Å². The monoisotopic (exact) mass is 1830 g/mol. The van der Waals surface area contributed by atoms with E-state index in [4.69, 9.17) is 17.2 Å². The number of carbonyl (C=O) groups is 23. The number of likely N-dealkylation sites (tertiary alicyclic amines) is 1. The smallest absolute Gasteiger partial charge is 0.245 e. The number of phenols is 1. The Morgan fingerprint density at radius 2 is 0.597 bits per heavy atom. The molecule has 0 saturated carbocycles. The largest absolute Gasteiger partial charge is 0.508 e. The van der Waals surface area contributed by atoms with E-state index >= 15 is 0 Å². The Hall–Kier alpha value is -13.2. The van der Waals surface area contributed by atoms with Crippen molar-refractivity contribution in [2.45, 2.75) is 296 Å². The van der Waals surface area contributed by atoms with Crippen LogP contribution in [0.4, 0.5) is 0 Å². The van der Waals surface area contributed by atoms with Gasteiger partial charge >= 0.3 is 0 Å². The number of rotatable bonds is 53. The number of nitrogens with zero attached hydrogens (tertiary/aromatic N) is 1. The molecule has 0 bridgehead atoms. The zero-order valence-electron chi connectivity index (χ0n) is 75.8. The molecule has 1 aromatic rings. The molecule has 2 rings (SSSR count). The average Bonchev–Trinajstić information content (AvgIpc) is 1.69. The number of unbranched alkanes of at least 4 members (excludes halogenated alkanes) is 2. The summed E-state index contributed by atoms with van der Waals surface area (Å²) >= 11 is 0. The first-order chi connectivity index (χ1) is 60.2. The summed E-state index contributed by atoms with van der Waals surface area (Å²) in [5.41, 5.74) is 17.1. The van der Waals surface area contributed by atoms with Crippen LogP contribution >= 0.6 is 0 Å². The fourth-order valence-corrected chi connectivity index (χ4v) is 11.9. The van der Waals surface area contributed by atoms with Gasteiger partial charge in [-0.1, -0.05) is 12.1 Å². The molecule has 1 fully saturated rings. The molecule has 1 aliphatic rings. The van der Waals surface area contributed by atoms with Gasteiger partial charge in [-0.25, -0.2) is 0 Å². The molecule has 0 radical (unpaired) electrons. The van der Waals surface area contributed by atoms with Crippen molar-refractivity contribution in [3.63, 3.8) is 0 Å². The number of primary amides is 1. The minimum atomic E-state index is -1.32. The minimum Gasteiger partial charge on any atom is -0.508 e. The topological polar surface area (TPSA) is 747 Å². The lowest BCUT2D eigenvalue weighted by atomic mass is 10.0. The normalized spacial score (nSPS) is 16.5. The highest BCUT2D eigenvalue weighted by atomic mass is 16.3. The molecule has 1 aliphatic heterocycles. The van der Waals surface area contributed by atoms with Gasteiger partial charge in [0, 0.05) is 19.9 Å². The van der Waals surface area contributed by atoms with Gasteiger partial charge in [0.1, 0.15) is 127 Å². The second kappa shape index (κ2) is 55.4. The highest BCUT2D eigenvalue weighted by molar-refractivity contribution is 6.02. The molecule has 1 saturated heterocycles. The SMILES string of the molecule is CC(=O)N[C@@H](Cc1ccc(O)cc1)C(=O)NCC(=O)N[C@@H](CCCCN)C(=O)N[C@@H](C)C(=O)N[C@@H](C)C(=O)N[C@@H](C)C(=O)N[C@@H](C)C(=O)N[C@@H](C)C(=O)N[C@@H](C)C(=O)N[C@@H](C)C(=O)N[C@@H](C)C(=O)N1CCC[C@@H]1C(=O)NCC(=O)N[C@@H](C)C(=O)N[C@@H](C)C(=O)N[C@@H](C)C(=O)N[C@@H](C)C(=O)N[C@@H](C)C(=O)N[C@@H](C)C(=O)N[C@@H](C)C(=O)N[C@@H](C)C(=O)N[C@@H](CCCCN)C(N)=O. The maximum Gasteiger partial charge on any atom is 0.245 e. The number of hydrogen-bond acceptors (Lipinski definition) is 26. The first-order valence-electron chi connectivity index (χ1n) is 42.3. The fourth-order valence-electron chi connectivity index (χ4n) is 11.9. The molecule has 0 spiro atoms. The molecule has 0 aromatic heterocycles. The zero-order chi connectivity index (χ0) is 98.1. The van der Waals surface area contributed by atoms with Gasteiger partial charge < -0.3 is 139 Å². The number of aromatic hydroxyl groups is 1. The molecule has 23 amide bonds. The third-order valence-corrected chi connectivity index (χ3v) is 20.0. The van der Waals surface area contributed by atoms with Gasteiger partial charge in [-0.15, -0.1) is 0 Å². The Kier molecular flexibility index (Phi) is 48.0. The van der Waals surface area contributed by atoms with Gasteiger partial charge in [-0.3, -0.25) is 110 Å². The summed E-state index contributed by atoms with van der Waals surface area (Å²) in [7, 11) is 0. The number of nitrogens with two attached hydrogens (primary N) is 3. The first-order valence-corrected chi connectivity index (χ1v) is 42.3. The predicted molar refractivity (Wildman–Crippen MR) is 461 cm³/mol. The molecule has 1 heterocycles. The Labute approximate surface area is 746 Å². The van der Waals surface area contributed by atoms with E-state index in [9.17, 15) is 115 Å². The van der Waals surface area contributed by atoms with Crippen LogP contribution < -0.4 is 129 Å².